The molecule has 144 valence electrons. The second-order valence-electron chi connectivity index (χ2n) is 8.50. The van der Waals surface area contributed by atoms with Crippen LogP contribution in [0.1, 0.15) is 41.9 Å². The summed E-state index contributed by atoms with van der Waals surface area (Å²) in [5, 5.41) is 0. The van der Waals surface area contributed by atoms with Gasteiger partial charge < -0.3 is 4.90 Å². The molecule has 0 saturated carbocycles. The Labute approximate surface area is 163 Å². The number of rotatable bonds is 5. The molecule has 2 aromatic rings. The number of likely N-dealkylation sites (tertiary alicyclic amines) is 2. The van der Waals surface area contributed by atoms with E-state index in [1.807, 2.05) is 12.1 Å². The van der Waals surface area contributed by atoms with E-state index in [2.05, 4.69) is 41.0 Å². The first-order valence-corrected chi connectivity index (χ1v) is 10.4. The number of hydrogen-bond acceptors (Lipinski definition) is 2. The van der Waals surface area contributed by atoms with Gasteiger partial charge in [0.05, 0.1) is 0 Å². The van der Waals surface area contributed by atoms with Crippen LogP contribution in [0.25, 0.3) is 0 Å². The highest BCUT2D eigenvalue weighted by Crippen LogP contribution is 2.29. The van der Waals surface area contributed by atoms with Gasteiger partial charge in [-0.05, 0) is 80.9 Å². The minimum atomic E-state index is -0.132. The van der Waals surface area contributed by atoms with Gasteiger partial charge in [-0.3, -0.25) is 4.90 Å². The summed E-state index contributed by atoms with van der Waals surface area (Å²) in [6.45, 7) is 9.28. The molecule has 2 saturated heterocycles. The van der Waals surface area contributed by atoms with Crippen molar-refractivity contribution in [3.63, 3.8) is 0 Å². The summed E-state index contributed by atoms with van der Waals surface area (Å²) in [7, 11) is 0. The Morgan fingerprint density at radius 3 is 2.22 bits per heavy atom. The molecule has 0 spiro atoms. The fraction of sp³-hybridized carbons (Fsp3) is 0.500. The van der Waals surface area contributed by atoms with Crippen LogP contribution in [0.4, 0.5) is 4.39 Å². The number of aryl methyl sites for hydroxylation is 1. The van der Waals surface area contributed by atoms with Crippen LogP contribution in [0.15, 0.2) is 48.5 Å². The van der Waals surface area contributed by atoms with E-state index in [4.69, 9.17) is 0 Å². The molecule has 2 nitrogen and oxygen atoms in total. The molecule has 2 fully saturated rings. The maximum absolute atomic E-state index is 13.1. The van der Waals surface area contributed by atoms with Crippen molar-refractivity contribution in [3.05, 3.63) is 71.0 Å². The minimum absolute atomic E-state index is 0.132. The third kappa shape index (κ3) is 4.97. The van der Waals surface area contributed by atoms with Crippen molar-refractivity contribution in [2.24, 2.45) is 5.92 Å². The zero-order chi connectivity index (χ0) is 18.6. The maximum Gasteiger partial charge on any atom is 0.123 e. The van der Waals surface area contributed by atoms with Gasteiger partial charge in [-0.1, -0.05) is 42.0 Å². The molecule has 3 heteroatoms. The maximum atomic E-state index is 13.1. The molecule has 2 aliphatic heterocycles. The third-order valence-corrected chi connectivity index (χ3v) is 6.34. The molecule has 2 aromatic carbocycles. The third-order valence-electron chi connectivity index (χ3n) is 6.34. The molecule has 2 heterocycles. The Morgan fingerprint density at radius 2 is 1.52 bits per heavy atom. The topological polar surface area (TPSA) is 6.48 Å². The van der Waals surface area contributed by atoms with Gasteiger partial charge in [-0.2, -0.15) is 0 Å². The number of halogens is 1. The lowest BCUT2D eigenvalue weighted by molar-refractivity contribution is 0.181. The van der Waals surface area contributed by atoms with Gasteiger partial charge in [-0.15, -0.1) is 0 Å². The second-order valence-corrected chi connectivity index (χ2v) is 8.50. The lowest BCUT2D eigenvalue weighted by Gasteiger charge is -2.33. The van der Waals surface area contributed by atoms with Crippen LogP contribution in [-0.4, -0.2) is 42.5 Å². The van der Waals surface area contributed by atoms with Crippen LogP contribution in [-0.2, 0) is 6.54 Å². The lowest BCUT2D eigenvalue weighted by Crippen LogP contribution is -2.37. The van der Waals surface area contributed by atoms with Crippen molar-refractivity contribution in [1.29, 1.82) is 0 Å². The second kappa shape index (κ2) is 8.53. The molecule has 4 rings (SSSR count). The highest BCUT2D eigenvalue weighted by atomic mass is 19.1. The number of piperidine rings is 1. The van der Waals surface area contributed by atoms with Gasteiger partial charge >= 0.3 is 0 Å². The summed E-state index contributed by atoms with van der Waals surface area (Å²) >= 11 is 0. The molecular formula is C24H31FN2. The van der Waals surface area contributed by atoms with Gasteiger partial charge in [0.15, 0.2) is 0 Å². The molecule has 0 bridgehead atoms. The Hall–Kier alpha value is -1.71. The highest BCUT2D eigenvalue weighted by molar-refractivity contribution is 5.22. The predicted octanol–water partition coefficient (Wildman–Crippen LogP) is 4.84. The quantitative estimate of drug-likeness (QED) is 0.747. The van der Waals surface area contributed by atoms with Crippen molar-refractivity contribution in [2.75, 3.05) is 32.7 Å². The SMILES string of the molecule is Cc1ccc(CN2CC[C@H](CN3CCC(c4ccc(F)cc4)CC3)C2)cc1. The number of benzene rings is 2. The number of nitrogens with zero attached hydrogens (tertiary/aromatic N) is 2. The van der Waals surface area contributed by atoms with Crippen molar-refractivity contribution >= 4 is 0 Å². The van der Waals surface area contributed by atoms with E-state index in [0.29, 0.717) is 5.92 Å². The standard InChI is InChI=1S/C24H31FN2/c1-19-2-4-20(5-3-19)16-27-13-10-21(18-27)17-26-14-11-23(12-15-26)22-6-8-24(25)9-7-22/h2-9,21,23H,10-18H2,1H3/t21-/m1/s1. The molecule has 0 N–H and O–H groups in total. The monoisotopic (exact) mass is 366 g/mol. The van der Waals surface area contributed by atoms with Crippen molar-refractivity contribution < 1.29 is 4.39 Å². The highest BCUT2D eigenvalue weighted by Gasteiger charge is 2.27. The molecule has 0 aliphatic carbocycles. The molecule has 27 heavy (non-hydrogen) atoms. The molecule has 0 radical (unpaired) electrons. The summed E-state index contributed by atoms with van der Waals surface area (Å²) in [6, 6.07) is 16.1. The van der Waals surface area contributed by atoms with Gasteiger partial charge in [0.1, 0.15) is 5.82 Å². The molecular weight excluding hydrogens is 335 g/mol. The van der Waals surface area contributed by atoms with Crippen LogP contribution in [0.3, 0.4) is 0 Å². The average Bonchev–Trinajstić information content (AvgIpc) is 3.12. The Morgan fingerprint density at radius 1 is 0.852 bits per heavy atom. The average molecular weight is 367 g/mol. The van der Waals surface area contributed by atoms with Gasteiger partial charge in [0, 0.05) is 19.6 Å². The van der Waals surface area contributed by atoms with Gasteiger partial charge in [0.2, 0.25) is 0 Å². The van der Waals surface area contributed by atoms with Crippen LogP contribution in [0.2, 0.25) is 0 Å². The summed E-state index contributed by atoms with van der Waals surface area (Å²) in [5.41, 5.74) is 4.07. The normalized spacial score (nSPS) is 22.4. The Balaban J connectivity index is 1.21. The molecule has 0 unspecified atom stereocenters. The minimum Gasteiger partial charge on any atom is -0.303 e. The smallest absolute Gasteiger partial charge is 0.123 e. The van der Waals surface area contributed by atoms with Gasteiger partial charge in [0.25, 0.3) is 0 Å². The molecule has 2 aliphatic rings. The largest absolute Gasteiger partial charge is 0.303 e. The first-order chi connectivity index (χ1) is 13.2. The van der Waals surface area contributed by atoms with Crippen LogP contribution >= 0.6 is 0 Å². The zero-order valence-corrected chi connectivity index (χ0v) is 16.4. The van der Waals surface area contributed by atoms with E-state index < -0.39 is 0 Å². The lowest BCUT2D eigenvalue weighted by atomic mass is 9.89. The molecule has 0 amide bonds. The predicted molar refractivity (Wildman–Crippen MR) is 109 cm³/mol. The molecule has 1 atom stereocenters. The van der Waals surface area contributed by atoms with Crippen molar-refractivity contribution in [2.45, 2.75) is 38.6 Å². The van der Waals surface area contributed by atoms with Crippen LogP contribution in [0, 0.1) is 18.7 Å². The van der Waals surface area contributed by atoms with Crippen LogP contribution < -0.4 is 0 Å². The van der Waals surface area contributed by atoms with E-state index in [0.717, 1.165) is 12.5 Å². The molecule has 0 aromatic heterocycles. The Bertz CT molecular complexity index is 717. The summed E-state index contributed by atoms with van der Waals surface area (Å²) in [6.07, 6.45) is 3.72. The first-order valence-electron chi connectivity index (χ1n) is 10.4. The summed E-state index contributed by atoms with van der Waals surface area (Å²) in [4.78, 5) is 5.26. The van der Waals surface area contributed by atoms with E-state index in [-0.39, 0.29) is 5.82 Å². The first kappa shape index (κ1) is 18.6. The fourth-order valence-corrected chi connectivity index (χ4v) is 4.71. The van der Waals surface area contributed by atoms with Gasteiger partial charge in [-0.25, -0.2) is 4.39 Å². The summed E-state index contributed by atoms with van der Waals surface area (Å²) in [5.74, 6) is 1.27. The van der Waals surface area contributed by atoms with E-state index in [9.17, 15) is 4.39 Å². The van der Waals surface area contributed by atoms with Crippen LogP contribution in [0.5, 0.6) is 0 Å². The fourth-order valence-electron chi connectivity index (χ4n) is 4.71. The Kier molecular flexibility index (Phi) is 5.89. The van der Waals surface area contributed by atoms with E-state index >= 15 is 0 Å². The van der Waals surface area contributed by atoms with E-state index in [1.54, 1.807) is 12.1 Å². The van der Waals surface area contributed by atoms with E-state index in [1.165, 1.54) is 68.7 Å². The van der Waals surface area contributed by atoms with Crippen molar-refractivity contribution in [3.8, 4) is 0 Å². The summed E-state index contributed by atoms with van der Waals surface area (Å²) < 4.78 is 13.1. The van der Waals surface area contributed by atoms with Crippen molar-refractivity contribution in [1.82, 2.24) is 9.80 Å². The zero-order valence-electron chi connectivity index (χ0n) is 16.4. The number of hydrogen-bond donors (Lipinski definition) is 0.